The van der Waals surface area contributed by atoms with Gasteiger partial charge in [0.05, 0.1) is 5.69 Å². The maximum Gasteiger partial charge on any atom is 0.165 e. The largest absolute Gasteiger partial charge is 0.370 e. The van der Waals surface area contributed by atoms with E-state index in [0.29, 0.717) is 6.42 Å². The van der Waals surface area contributed by atoms with Gasteiger partial charge in [0.15, 0.2) is 5.78 Å². The fourth-order valence-electron chi connectivity index (χ4n) is 5.01. The van der Waals surface area contributed by atoms with Gasteiger partial charge in [0.1, 0.15) is 5.82 Å². The number of Topliss-reactive ketones (excluding diaryl/α,β-unsaturated/α-hetero) is 1. The standard InChI is InChI=1S/C30H31N3O/c1-30(2)19-25-28(26(34)20-30)24(17-22-11-7-4-8-12-22)29(33-25)23-14-16-32-27(18-23)31-15-13-21-9-5-3-6-10-21/h3-12,14,16,18,33H,13,15,17,19-20H2,1-2H3,(H,31,32). The van der Waals surface area contributed by atoms with Crippen LogP contribution in [0.1, 0.15) is 53.0 Å². The number of hydrogen-bond donors (Lipinski definition) is 2. The molecular weight excluding hydrogens is 418 g/mol. The second-order valence-electron chi connectivity index (χ2n) is 10.0. The molecule has 172 valence electrons. The molecule has 2 heterocycles. The summed E-state index contributed by atoms with van der Waals surface area (Å²) in [5.41, 5.74) is 7.64. The average Bonchev–Trinajstić information content (AvgIpc) is 3.18. The zero-order valence-electron chi connectivity index (χ0n) is 19.9. The number of H-pyrrole nitrogens is 1. The Morgan fingerprint density at radius 2 is 1.65 bits per heavy atom. The van der Waals surface area contributed by atoms with Crippen LogP contribution < -0.4 is 5.32 Å². The molecule has 1 aliphatic rings. The van der Waals surface area contributed by atoms with E-state index >= 15 is 0 Å². The van der Waals surface area contributed by atoms with Crippen LogP contribution >= 0.6 is 0 Å². The highest BCUT2D eigenvalue weighted by atomic mass is 16.1. The normalized spacial score (nSPS) is 14.6. The predicted octanol–water partition coefficient (Wildman–Crippen LogP) is 6.48. The predicted molar refractivity (Wildman–Crippen MR) is 138 cm³/mol. The van der Waals surface area contributed by atoms with E-state index in [2.05, 4.69) is 83.7 Å². The van der Waals surface area contributed by atoms with E-state index in [-0.39, 0.29) is 11.2 Å². The van der Waals surface area contributed by atoms with Crippen LogP contribution in [0.2, 0.25) is 0 Å². The highest BCUT2D eigenvalue weighted by molar-refractivity contribution is 6.02. The van der Waals surface area contributed by atoms with Gasteiger partial charge in [-0.15, -0.1) is 0 Å². The van der Waals surface area contributed by atoms with E-state index in [1.54, 1.807) is 0 Å². The molecule has 0 radical (unpaired) electrons. The van der Waals surface area contributed by atoms with Crippen molar-refractivity contribution in [1.82, 2.24) is 9.97 Å². The highest BCUT2D eigenvalue weighted by Crippen LogP contribution is 2.40. The fraction of sp³-hybridized carbons (Fsp3) is 0.267. The quantitative estimate of drug-likeness (QED) is 0.340. The van der Waals surface area contributed by atoms with Crippen molar-refractivity contribution in [2.24, 2.45) is 5.41 Å². The number of pyridine rings is 1. The van der Waals surface area contributed by atoms with Crippen LogP contribution in [-0.2, 0) is 19.3 Å². The summed E-state index contributed by atoms with van der Waals surface area (Å²) in [5, 5.41) is 3.46. The van der Waals surface area contributed by atoms with Crippen LogP contribution in [0.3, 0.4) is 0 Å². The second kappa shape index (κ2) is 9.30. The first-order chi connectivity index (χ1) is 16.5. The van der Waals surface area contributed by atoms with Gasteiger partial charge in [0.2, 0.25) is 0 Å². The van der Waals surface area contributed by atoms with Gasteiger partial charge in [-0.1, -0.05) is 74.5 Å². The number of nitrogens with one attached hydrogen (secondary N) is 2. The highest BCUT2D eigenvalue weighted by Gasteiger charge is 2.35. The van der Waals surface area contributed by atoms with Crippen molar-refractivity contribution in [1.29, 1.82) is 0 Å². The summed E-state index contributed by atoms with van der Waals surface area (Å²) in [6.45, 7) is 5.16. The van der Waals surface area contributed by atoms with Crippen molar-refractivity contribution < 1.29 is 4.79 Å². The number of carbonyl (C=O) groups is 1. The lowest BCUT2D eigenvalue weighted by Crippen LogP contribution is -2.27. The van der Waals surface area contributed by atoms with Crippen molar-refractivity contribution in [3.8, 4) is 11.3 Å². The number of fused-ring (bicyclic) bond motifs is 1. The zero-order valence-corrected chi connectivity index (χ0v) is 19.9. The lowest BCUT2D eigenvalue weighted by Gasteiger charge is -2.28. The number of aromatic amines is 1. The van der Waals surface area contributed by atoms with E-state index < -0.39 is 0 Å². The zero-order chi connectivity index (χ0) is 23.5. The van der Waals surface area contributed by atoms with Gasteiger partial charge < -0.3 is 10.3 Å². The van der Waals surface area contributed by atoms with Crippen LogP contribution in [0.25, 0.3) is 11.3 Å². The van der Waals surface area contributed by atoms with Gasteiger partial charge >= 0.3 is 0 Å². The van der Waals surface area contributed by atoms with Crippen molar-refractivity contribution in [3.05, 3.63) is 107 Å². The van der Waals surface area contributed by atoms with Crippen LogP contribution in [0, 0.1) is 5.41 Å². The summed E-state index contributed by atoms with van der Waals surface area (Å²) in [6.07, 6.45) is 4.97. The molecule has 0 unspecified atom stereocenters. The van der Waals surface area contributed by atoms with Crippen molar-refractivity contribution in [3.63, 3.8) is 0 Å². The van der Waals surface area contributed by atoms with Crippen LogP contribution in [0.5, 0.6) is 0 Å². The number of ketones is 1. The third-order valence-electron chi connectivity index (χ3n) is 6.59. The first-order valence-corrected chi connectivity index (χ1v) is 12.0. The molecule has 0 saturated carbocycles. The molecule has 2 aromatic heterocycles. The first-order valence-electron chi connectivity index (χ1n) is 12.0. The Labute approximate surface area is 201 Å². The molecule has 4 aromatic rings. The van der Waals surface area contributed by atoms with Crippen molar-refractivity contribution >= 4 is 11.6 Å². The number of benzene rings is 2. The maximum atomic E-state index is 13.3. The maximum absolute atomic E-state index is 13.3. The van der Waals surface area contributed by atoms with E-state index in [0.717, 1.165) is 59.7 Å². The summed E-state index contributed by atoms with van der Waals surface area (Å²) in [7, 11) is 0. The Bertz CT molecular complexity index is 1290. The van der Waals surface area contributed by atoms with Crippen LogP contribution in [0.4, 0.5) is 5.82 Å². The number of aromatic nitrogens is 2. The molecule has 0 fully saturated rings. The Hall–Kier alpha value is -3.66. The van der Waals surface area contributed by atoms with Gasteiger partial charge in [0.25, 0.3) is 0 Å². The fourth-order valence-corrected chi connectivity index (χ4v) is 5.01. The molecule has 34 heavy (non-hydrogen) atoms. The van der Waals surface area contributed by atoms with Gasteiger partial charge in [0, 0.05) is 42.4 Å². The Morgan fingerprint density at radius 3 is 2.38 bits per heavy atom. The molecule has 4 nitrogen and oxygen atoms in total. The lowest BCUT2D eigenvalue weighted by atomic mass is 9.75. The molecule has 5 rings (SSSR count). The molecule has 0 bridgehead atoms. The molecule has 0 spiro atoms. The smallest absolute Gasteiger partial charge is 0.165 e. The minimum atomic E-state index is -0.0291. The van der Waals surface area contributed by atoms with Gasteiger partial charge in [-0.05, 0) is 47.1 Å². The van der Waals surface area contributed by atoms with Gasteiger partial charge in [-0.25, -0.2) is 4.98 Å². The second-order valence-corrected chi connectivity index (χ2v) is 10.0. The third kappa shape index (κ3) is 4.81. The molecule has 0 atom stereocenters. The van der Waals surface area contributed by atoms with Gasteiger partial charge in [-0.3, -0.25) is 4.79 Å². The van der Waals surface area contributed by atoms with E-state index in [9.17, 15) is 4.79 Å². The van der Waals surface area contributed by atoms with E-state index in [4.69, 9.17) is 0 Å². The molecular formula is C30H31N3O. The van der Waals surface area contributed by atoms with E-state index in [1.165, 1.54) is 11.1 Å². The average molecular weight is 450 g/mol. The van der Waals surface area contributed by atoms with Crippen LogP contribution in [-0.4, -0.2) is 22.3 Å². The minimum Gasteiger partial charge on any atom is -0.370 e. The molecule has 2 aromatic carbocycles. The molecule has 4 heteroatoms. The van der Waals surface area contributed by atoms with E-state index in [1.807, 2.05) is 24.4 Å². The number of hydrogen-bond acceptors (Lipinski definition) is 3. The van der Waals surface area contributed by atoms with Crippen LogP contribution in [0.15, 0.2) is 79.0 Å². The SMILES string of the molecule is CC1(C)CC(=O)c2c([nH]c(-c3ccnc(NCCc4ccccc4)c3)c2Cc2ccccc2)C1. The monoisotopic (exact) mass is 449 g/mol. The summed E-state index contributed by atoms with van der Waals surface area (Å²) in [4.78, 5) is 21.5. The van der Waals surface area contributed by atoms with Gasteiger partial charge in [-0.2, -0.15) is 0 Å². The molecule has 2 N–H and O–H groups in total. The first kappa shape index (κ1) is 22.1. The Balaban J connectivity index is 1.47. The number of anilines is 1. The molecule has 1 aliphatic carbocycles. The Morgan fingerprint density at radius 1 is 0.941 bits per heavy atom. The summed E-state index contributed by atoms with van der Waals surface area (Å²) in [5.74, 6) is 1.09. The summed E-state index contributed by atoms with van der Waals surface area (Å²) >= 11 is 0. The minimum absolute atomic E-state index is 0.0291. The summed E-state index contributed by atoms with van der Waals surface area (Å²) < 4.78 is 0. The lowest BCUT2D eigenvalue weighted by molar-refractivity contribution is 0.0911. The molecule has 0 amide bonds. The molecule has 0 saturated heterocycles. The Kier molecular flexibility index (Phi) is 6.06. The third-order valence-corrected chi connectivity index (χ3v) is 6.59. The number of rotatable bonds is 7. The topological polar surface area (TPSA) is 57.8 Å². The van der Waals surface area contributed by atoms with Crippen molar-refractivity contribution in [2.75, 3.05) is 11.9 Å². The summed E-state index contributed by atoms with van der Waals surface area (Å²) in [6, 6.07) is 25.0. The number of carbonyl (C=O) groups excluding carboxylic acids is 1. The van der Waals surface area contributed by atoms with Crippen molar-refractivity contribution in [2.45, 2.75) is 39.5 Å². The molecule has 0 aliphatic heterocycles. The number of nitrogens with zero attached hydrogens (tertiary/aromatic N) is 1.